The van der Waals surface area contributed by atoms with Crippen molar-refractivity contribution >= 4 is 53.3 Å². The fraction of sp³-hybridized carbons (Fsp3) is 0.682. The van der Waals surface area contributed by atoms with Crippen LogP contribution in [-0.2, 0) is 66.7 Å². The number of carbonyl (C=O) groups is 7. The fourth-order valence-electron chi connectivity index (χ4n) is 3.70. The minimum absolute atomic E-state index is 0.696. The maximum absolute atomic E-state index is 16.1. The van der Waals surface area contributed by atoms with Crippen molar-refractivity contribution in [3.63, 3.8) is 0 Å². The van der Waals surface area contributed by atoms with Crippen LogP contribution in [0.4, 0.5) is 4.39 Å². The van der Waals surface area contributed by atoms with Gasteiger partial charge in [0.15, 0.2) is 18.3 Å². The smallest absolute Gasteiger partial charge is 0.383 e. The van der Waals surface area contributed by atoms with Gasteiger partial charge < -0.3 is 38.5 Å². The second-order valence-corrected chi connectivity index (χ2v) is 8.33. The van der Waals surface area contributed by atoms with E-state index < -0.39 is 96.6 Å². The van der Waals surface area contributed by atoms with Gasteiger partial charge in [-0.15, -0.1) is 11.6 Å². The minimum Gasteiger partial charge on any atom is -0.464 e. The summed E-state index contributed by atoms with van der Waals surface area (Å²) in [4.78, 5) is 84.4. The van der Waals surface area contributed by atoms with Crippen LogP contribution >= 0.6 is 11.6 Å². The molecule has 0 bridgehead atoms. The molecule has 17 heteroatoms. The number of alkyl halides is 2. The zero-order valence-corrected chi connectivity index (χ0v) is 22.6. The van der Waals surface area contributed by atoms with Gasteiger partial charge in [-0.3, -0.25) is 28.8 Å². The lowest BCUT2D eigenvalue weighted by atomic mass is 9.86. The summed E-state index contributed by atoms with van der Waals surface area (Å²) in [6.07, 6.45) is -10.6. The molecule has 1 unspecified atom stereocenters. The Morgan fingerprint density at radius 3 is 1.95 bits per heavy atom. The molecule has 1 fully saturated rings. The molecule has 1 aliphatic rings. The number of nitrogens with one attached hydrogen (secondary N) is 1. The van der Waals surface area contributed by atoms with Gasteiger partial charge >= 0.3 is 41.6 Å². The quantitative estimate of drug-likeness (QED) is 0.180. The fourth-order valence-corrected chi connectivity index (χ4v) is 3.78. The summed E-state index contributed by atoms with van der Waals surface area (Å²) in [6, 6.07) is -1.83. The highest BCUT2D eigenvalue weighted by Crippen LogP contribution is 2.39. The van der Waals surface area contributed by atoms with Crippen molar-refractivity contribution in [2.75, 3.05) is 19.6 Å². The molecule has 0 saturated carbocycles. The Bertz CT molecular complexity index is 976. The molecule has 0 aromatic rings. The van der Waals surface area contributed by atoms with Crippen molar-refractivity contribution in [3.05, 3.63) is 0 Å². The average Bonchev–Trinajstić information content (AvgIpc) is 2.82. The van der Waals surface area contributed by atoms with E-state index in [4.69, 9.17) is 40.0 Å². The standard InChI is InChI=1S/C22H29ClFNO14/c1-9(26)34-8-14(35-10(2)27)17(36-11(3)28)18-16(25-15(31)7-23)19(37-12(4)29)20(24)22(39-18,21(32)33-6)38-13(5)30/h14,16-20H,7-8H2,1-6H3,(H,25,31)/t14-,16+,17-,18-,19-,20-,22?/m1/s1. The summed E-state index contributed by atoms with van der Waals surface area (Å²) in [7, 11) is 0.798. The molecular weight excluding hydrogens is 557 g/mol. The number of halogens is 2. The molecule has 39 heavy (non-hydrogen) atoms. The molecule has 0 aromatic carbocycles. The van der Waals surface area contributed by atoms with E-state index in [2.05, 4.69) is 10.1 Å². The summed E-state index contributed by atoms with van der Waals surface area (Å²) in [6.45, 7) is 3.79. The Balaban J connectivity index is 3.97. The molecule has 0 aromatic heterocycles. The van der Waals surface area contributed by atoms with Crippen LogP contribution in [0.2, 0.25) is 0 Å². The molecule has 1 N–H and O–H groups in total. The average molecular weight is 586 g/mol. The summed E-state index contributed by atoms with van der Waals surface area (Å²) in [5, 5.41) is 2.23. The van der Waals surface area contributed by atoms with Crippen LogP contribution in [0.5, 0.6) is 0 Å². The maximum atomic E-state index is 16.1. The van der Waals surface area contributed by atoms with Crippen LogP contribution in [0.15, 0.2) is 0 Å². The maximum Gasteiger partial charge on any atom is 0.383 e. The van der Waals surface area contributed by atoms with E-state index in [0.717, 1.165) is 41.7 Å². The predicted octanol–water partition coefficient (Wildman–Crippen LogP) is -0.762. The van der Waals surface area contributed by atoms with Gasteiger partial charge in [0.2, 0.25) is 12.1 Å². The van der Waals surface area contributed by atoms with Crippen molar-refractivity contribution < 1.29 is 71.1 Å². The van der Waals surface area contributed by atoms with Gasteiger partial charge in [-0.05, 0) is 0 Å². The topological polar surface area (TPSA) is 196 Å². The van der Waals surface area contributed by atoms with Crippen molar-refractivity contribution in [1.82, 2.24) is 5.32 Å². The number of methoxy groups -OCH3 is 1. The molecule has 1 rings (SSSR count). The van der Waals surface area contributed by atoms with Crippen LogP contribution in [0, 0.1) is 0 Å². The highest BCUT2D eigenvalue weighted by Gasteiger charge is 2.67. The third-order valence-corrected chi connectivity index (χ3v) is 5.19. The van der Waals surface area contributed by atoms with E-state index in [9.17, 15) is 33.6 Å². The van der Waals surface area contributed by atoms with Gasteiger partial charge in [0.1, 0.15) is 18.6 Å². The zero-order chi connectivity index (χ0) is 30.1. The second kappa shape index (κ2) is 14.6. The van der Waals surface area contributed by atoms with E-state index in [-0.39, 0.29) is 0 Å². The lowest BCUT2D eigenvalue weighted by Crippen LogP contribution is -2.74. The van der Waals surface area contributed by atoms with Crippen LogP contribution in [-0.4, -0.2) is 104 Å². The molecule has 1 saturated heterocycles. The summed E-state index contributed by atoms with van der Waals surface area (Å²) < 4.78 is 51.5. The number of amides is 1. The molecule has 1 aliphatic heterocycles. The van der Waals surface area contributed by atoms with Crippen LogP contribution < -0.4 is 5.32 Å². The number of ether oxygens (including phenoxy) is 7. The minimum atomic E-state index is -3.28. The van der Waals surface area contributed by atoms with E-state index >= 15 is 4.39 Å². The van der Waals surface area contributed by atoms with Crippen molar-refractivity contribution in [1.29, 1.82) is 0 Å². The third kappa shape index (κ3) is 9.02. The van der Waals surface area contributed by atoms with Crippen molar-refractivity contribution in [2.45, 2.75) is 77.0 Å². The zero-order valence-electron chi connectivity index (χ0n) is 21.8. The highest BCUT2D eigenvalue weighted by atomic mass is 35.5. The van der Waals surface area contributed by atoms with Crippen LogP contribution in [0.1, 0.15) is 34.6 Å². The van der Waals surface area contributed by atoms with Gasteiger partial charge in [0.05, 0.1) is 13.2 Å². The first kappa shape index (κ1) is 33.5. The van der Waals surface area contributed by atoms with Gasteiger partial charge in [-0.2, -0.15) is 0 Å². The molecule has 15 nitrogen and oxygen atoms in total. The second-order valence-electron chi connectivity index (χ2n) is 8.06. The highest BCUT2D eigenvalue weighted by molar-refractivity contribution is 6.27. The van der Waals surface area contributed by atoms with Crippen molar-refractivity contribution in [3.8, 4) is 0 Å². The summed E-state index contributed by atoms with van der Waals surface area (Å²) >= 11 is 5.58. The summed E-state index contributed by atoms with van der Waals surface area (Å²) in [5.41, 5.74) is 0. The molecule has 220 valence electrons. The molecular formula is C22H29ClFNO14. The first-order valence-electron chi connectivity index (χ1n) is 11.2. The molecule has 1 heterocycles. The Morgan fingerprint density at radius 1 is 0.923 bits per heavy atom. The molecule has 7 atom stereocenters. The van der Waals surface area contributed by atoms with E-state index in [1.54, 1.807) is 0 Å². The first-order chi connectivity index (χ1) is 18.1. The van der Waals surface area contributed by atoms with Crippen LogP contribution in [0.25, 0.3) is 0 Å². The Hall–Kier alpha value is -3.53. The lowest BCUT2D eigenvalue weighted by Gasteiger charge is -2.49. The number of hydrogen-bond acceptors (Lipinski definition) is 14. The largest absolute Gasteiger partial charge is 0.464 e. The number of rotatable bonds is 11. The molecule has 0 aliphatic carbocycles. The predicted molar refractivity (Wildman–Crippen MR) is 122 cm³/mol. The number of esters is 6. The Kier molecular flexibility index (Phi) is 12.5. The van der Waals surface area contributed by atoms with E-state index in [1.165, 1.54) is 0 Å². The summed E-state index contributed by atoms with van der Waals surface area (Å²) in [5.74, 6) is -11.8. The number of hydrogen-bond donors (Lipinski definition) is 1. The molecule has 0 spiro atoms. The van der Waals surface area contributed by atoms with Crippen LogP contribution in [0.3, 0.4) is 0 Å². The monoisotopic (exact) mass is 585 g/mol. The Morgan fingerprint density at radius 2 is 1.51 bits per heavy atom. The normalized spacial score (nSPS) is 25.6. The third-order valence-electron chi connectivity index (χ3n) is 4.95. The van der Waals surface area contributed by atoms with Gasteiger partial charge in [0.25, 0.3) is 0 Å². The van der Waals surface area contributed by atoms with Gasteiger partial charge in [-0.25, -0.2) is 9.18 Å². The van der Waals surface area contributed by atoms with Gasteiger partial charge in [-0.1, -0.05) is 0 Å². The SMILES string of the molecule is COC(=O)C1(OC(C)=O)O[C@@H]([C@H](OC(C)=O)[C@@H](COC(C)=O)OC(C)=O)[C@H](NC(=O)CCl)[C@@H](OC(C)=O)[C@H]1F. The van der Waals surface area contributed by atoms with E-state index in [0.29, 0.717) is 0 Å². The first-order valence-corrected chi connectivity index (χ1v) is 11.7. The van der Waals surface area contributed by atoms with E-state index in [1.807, 2.05) is 0 Å². The van der Waals surface area contributed by atoms with Gasteiger partial charge in [0, 0.05) is 34.6 Å². The number of carbonyl (C=O) groups excluding carboxylic acids is 7. The molecule has 1 amide bonds. The Labute approximate surface area is 226 Å². The lowest BCUT2D eigenvalue weighted by molar-refractivity contribution is -0.326. The van der Waals surface area contributed by atoms with Crippen molar-refractivity contribution in [2.24, 2.45) is 0 Å². The molecule has 0 radical (unpaired) electrons.